The van der Waals surface area contributed by atoms with E-state index < -0.39 is 0 Å². The molecule has 0 fully saturated rings. The van der Waals surface area contributed by atoms with Gasteiger partial charge >= 0.3 is 0 Å². The van der Waals surface area contributed by atoms with Crippen LogP contribution in [0.15, 0.2) is 34.9 Å². The van der Waals surface area contributed by atoms with Gasteiger partial charge in [-0.05, 0) is 60.5 Å². The zero-order valence-corrected chi connectivity index (χ0v) is 13.9. The largest absolute Gasteiger partial charge is 0.385 e. The summed E-state index contributed by atoms with van der Waals surface area (Å²) in [6.45, 7) is 6.63. The van der Waals surface area contributed by atoms with Crippen LogP contribution in [0.25, 0.3) is 0 Å². The predicted octanol–water partition coefficient (Wildman–Crippen LogP) is 4.15. The Morgan fingerprint density at radius 1 is 1.24 bits per heavy atom. The number of aryl methyl sites for hydroxylation is 2. The maximum Gasteiger partial charge on any atom is 0.259 e. The summed E-state index contributed by atoms with van der Waals surface area (Å²) < 4.78 is 0.853. The Kier molecular flexibility index (Phi) is 4.96. The number of benzene rings is 1. The van der Waals surface area contributed by atoms with Gasteiger partial charge in [-0.15, -0.1) is 0 Å². The first-order valence-electron chi connectivity index (χ1n) is 6.79. The van der Waals surface area contributed by atoms with E-state index in [0.717, 1.165) is 33.6 Å². The highest BCUT2D eigenvalue weighted by molar-refractivity contribution is 9.10. The molecule has 4 nitrogen and oxygen atoms in total. The number of nitrogens with zero attached hydrogens (tertiary/aromatic N) is 1. The van der Waals surface area contributed by atoms with Crippen molar-refractivity contribution in [1.29, 1.82) is 0 Å². The van der Waals surface area contributed by atoms with Gasteiger partial charge in [-0.25, -0.2) is 0 Å². The molecule has 0 spiro atoms. The number of pyridine rings is 1. The van der Waals surface area contributed by atoms with Crippen LogP contribution in [0.4, 0.5) is 11.4 Å². The van der Waals surface area contributed by atoms with Crippen LogP contribution in [0, 0.1) is 13.8 Å². The number of rotatable bonds is 4. The SMILES string of the molecule is CCNc1cc(C)ncc1C(=O)Nc1cc(C)ccc1Br. The topological polar surface area (TPSA) is 54.0 Å². The van der Waals surface area contributed by atoms with Crippen LogP contribution in [-0.2, 0) is 0 Å². The Hall–Kier alpha value is -1.88. The minimum absolute atomic E-state index is 0.176. The lowest BCUT2D eigenvalue weighted by Gasteiger charge is -2.12. The maximum absolute atomic E-state index is 12.5. The minimum Gasteiger partial charge on any atom is -0.385 e. The molecule has 0 unspecified atom stereocenters. The average molecular weight is 348 g/mol. The molecule has 0 saturated carbocycles. The second-order valence-electron chi connectivity index (χ2n) is 4.84. The van der Waals surface area contributed by atoms with E-state index in [2.05, 4.69) is 31.5 Å². The third-order valence-corrected chi connectivity index (χ3v) is 3.71. The van der Waals surface area contributed by atoms with E-state index in [0.29, 0.717) is 5.56 Å². The predicted molar refractivity (Wildman–Crippen MR) is 90.0 cm³/mol. The lowest BCUT2D eigenvalue weighted by atomic mass is 10.1. The molecule has 0 aliphatic rings. The minimum atomic E-state index is -0.176. The van der Waals surface area contributed by atoms with Crippen LogP contribution in [-0.4, -0.2) is 17.4 Å². The average Bonchev–Trinajstić information content (AvgIpc) is 2.43. The Bertz CT molecular complexity index is 671. The van der Waals surface area contributed by atoms with Gasteiger partial charge in [0.25, 0.3) is 5.91 Å². The summed E-state index contributed by atoms with van der Waals surface area (Å²) in [4.78, 5) is 16.7. The Morgan fingerprint density at radius 3 is 2.71 bits per heavy atom. The van der Waals surface area contributed by atoms with E-state index in [1.165, 1.54) is 0 Å². The highest BCUT2D eigenvalue weighted by Crippen LogP contribution is 2.25. The summed E-state index contributed by atoms with van der Waals surface area (Å²) in [5, 5.41) is 6.12. The van der Waals surface area contributed by atoms with E-state index in [-0.39, 0.29) is 5.91 Å². The molecule has 1 heterocycles. The number of carbonyl (C=O) groups excluding carboxylic acids is 1. The molecule has 0 aliphatic heterocycles. The van der Waals surface area contributed by atoms with Gasteiger partial charge in [-0.3, -0.25) is 9.78 Å². The molecular formula is C16H18BrN3O. The zero-order chi connectivity index (χ0) is 15.4. The van der Waals surface area contributed by atoms with Crippen LogP contribution in [0.3, 0.4) is 0 Å². The van der Waals surface area contributed by atoms with Gasteiger partial charge in [0.1, 0.15) is 0 Å². The van der Waals surface area contributed by atoms with Crippen molar-refractivity contribution in [1.82, 2.24) is 4.98 Å². The van der Waals surface area contributed by atoms with E-state index in [1.54, 1.807) is 6.20 Å². The number of carbonyl (C=O) groups is 1. The smallest absolute Gasteiger partial charge is 0.259 e. The Balaban J connectivity index is 2.30. The summed E-state index contributed by atoms with van der Waals surface area (Å²) in [6.07, 6.45) is 1.60. The molecule has 2 N–H and O–H groups in total. The monoisotopic (exact) mass is 347 g/mol. The van der Waals surface area contributed by atoms with Crippen LogP contribution in [0.5, 0.6) is 0 Å². The standard InChI is InChI=1S/C16H18BrN3O/c1-4-18-14-8-11(3)19-9-12(14)16(21)20-15-7-10(2)5-6-13(15)17/h5-9H,4H2,1-3H3,(H,18,19)(H,20,21). The highest BCUT2D eigenvalue weighted by Gasteiger charge is 2.13. The highest BCUT2D eigenvalue weighted by atomic mass is 79.9. The van der Waals surface area contributed by atoms with Gasteiger partial charge in [0.05, 0.1) is 16.9 Å². The van der Waals surface area contributed by atoms with Crippen LogP contribution >= 0.6 is 15.9 Å². The lowest BCUT2D eigenvalue weighted by Crippen LogP contribution is -2.16. The van der Waals surface area contributed by atoms with Crippen molar-refractivity contribution >= 4 is 33.2 Å². The quantitative estimate of drug-likeness (QED) is 0.873. The van der Waals surface area contributed by atoms with E-state index in [4.69, 9.17) is 0 Å². The van der Waals surface area contributed by atoms with Crippen molar-refractivity contribution in [2.24, 2.45) is 0 Å². The molecule has 2 aromatic rings. The maximum atomic E-state index is 12.5. The van der Waals surface area contributed by atoms with Gasteiger partial charge in [0.2, 0.25) is 0 Å². The van der Waals surface area contributed by atoms with Gasteiger partial charge in [-0.2, -0.15) is 0 Å². The molecule has 0 aliphatic carbocycles. The molecule has 21 heavy (non-hydrogen) atoms. The summed E-state index contributed by atoms with van der Waals surface area (Å²) in [7, 11) is 0. The lowest BCUT2D eigenvalue weighted by molar-refractivity contribution is 0.102. The molecule has 1 aromatic heterocycles. The first-order chi connectivity index (χ1) is 10.0. The van der Waals surface area contributed by atoms with Gasteiger partial charge in [0, 0.05) is 22.9 Å². The number of halogens is 1. The number of anilines is 2. The van der Waals surface area contributed by atoms with Crippen LogP contribution in [0.2, 0.25) is 0 Å². The fraction of sp³-hybridized carbons (Fsp3) is 0.250. The Morgan fingerprint density at radius 2 is 2.00 bits per heavy atom. The van der Waals surface area contributed by atoms with Crippen molar-refractivity contribution in [2.45, 2.75) is 20.8 Å². The Labute approximate surface area is 133 Å². The molecule has 5 heteroatoms. The molecule has 0 radical (unpaired) electrons. The first kappa shape index (κ1) is 15.5. The molecule has 0 bridgehead atoms. The van der Waals surface area contributed by atoms with Crippen LogP contribution < -0.4 is 10.6 Å². The molecule has 0 atom stereocenters. The van der Waals surface area contributed by atoms with Crippen LogP contribution in [0.1, 0.15) is 28.5 Å². The molecular weight excluding hydrogens is 330 g/mol. The van der Waals surface area contributed by atoms with E-state index >= 15 is 0 Å². The van der Waals surface area contributed by atoms with Crippen molar-refractivity contribution in [3.8, 4) is 0 Å². The molecule has 110 valence electrons. The molecule has 1 aromatic carbocycles. The number of hydrogen-bond donors (Lipinski definition) is 2. The summed E-state index contributed by atoms with van der Waals surface area (Å²) in [5.41, 5.74) is 4.05. The fourth-order valence-corrected chi connectivity index (χ4v) is 2.35. The summed E-state index contributed by atoms with van der Waals surface area (Å²) in [6, 6.07) is 7.71. The van der Waals surface area contributed by atoms with Crippen molar-refractivity contribution in [2.75, 3.05) is 17.2 Å². The number of amides is 1. The van der Waals surface area contributed by atoms with Gasteiger partial charge < -0.3 is 10.6 Å². The number of nitrogens with one attached hydrogen (secondary N) is 2. The number of aromatic nitrogens is 1. The third kappa shape index (κ3) is 3.82. The van der Waals surface area contributed by atoms with E-state index in [1.807, 2.05) is 45.0 Å². The molecule has 0 saturated heterocycles. The first-order valence-corrected chi connectivity index (χ1v) is 7.58. The second kappa shape index (κ2) is 6.72. The molecule has 2 rings (SSSR count). The van der Waals surface area contributed by atoms with E-state index in [9.17, 15) is 4.79 Å². The fourth-order valence-electron chi connectivity index (χ4n) is 2.00. The third-order valence-electron chi connectivity index (χ3n) is 3.02. The van der Waals surface area contributed by atoms with Crippen molar-refractivity contribution in [3.05, 3.63) is 51.8 Å². The normalized spacial score (nSPS) is 10.3. The summed E-state index contributed by atoms with van der Waals surface area (Å²) in [5.74, 6) is -0.176. The molecule has 1 amide bonds. The zero-order valence-electron chi connectivity index (χ0n) is 12.3. The van der Waals surface area contributed by atoms with Crippen molar-refractivity contribution < 1.29 is 4.79 Å². The number of hydrogen-bond acceptors (Lipinski definition) is 3. The second-order valence-corrected chi connectivity index (χ2v) is 5.69. The van der Waals surface area contributed by atoms with Crippen molar-refractivity contribution in [3.63, 3.8) is 0 Å². The van der Waals surface area contributed by atoms with Gasteiger partial charge in [-0.1, -0.05) is 6.07 Å². The summed E-state index contributed by atoms with van der Waals surface area (Å²) >= 11 is 3.45. The van der Waals surface area contributed by atoms with Gasteiger partial charge in [0.15, 0.2) is 0 Å².